The van der Waals surface area contributed by atoms with E-state index in [1.807, 2.05) is 0 Å². The van der Waals surface area contributed by atoms with Crippen LogP contribution >= 0.6 is 0 Å². The van der Waals surface area contributed by atoms with E-state index >= 15 is 0 Å². The smallest absolute Gasteiger partial charge is 0.273 e. The van der Waals surface area contributed by atoms with Gasteiger partial charge in [0.1, 0.15) is 12.4 Å². The zero-order valence-corrected chi connectivity index (χ0v) is 9.34. The van der Waals surface area contributed by atoms with Crippen LogP contribution < -0.4 is 9.64 Å². The molecule has 0 atom stereocenters. The predicted octanol–water partition coefficient (Wildman–Crippen LogP) is 2.20. The second kappa shape index (κ2) is 4.00. The van der Waals surface area contributed by atoms with Gasteiger partial charge in [-0.25, -0.2) is 0 Å². The molecule has 1 aliphatic heterocycles. The van der Waals surface area contributed by atoms with E-state index in [4.69, 9.17) is 4.74 Å². The number of benzene rings is 1. The summed E-state index contributed by atoms with van der Waals surface area (Å²) in [6.07, 6.45) is 0. The van der Waals surface area contributed by atoms with Gasteiger partial charge in [0.15, 0.2) is 0 Å². The second-order valence-corrected chi connectivity index (χ2v) is 4.04. The molecule has 86 valence electrons. The standard InChI is InChI=1S/C11H14N2O3/c1-8(2)12-5-6-16-11-7-9(13(14)15)3-4-10(11)12/h3-4,7-8H,5-6H2,1-2H3. The van der Waals surface area contributed by atoms with Crippen molar-refractivity contribution in [2.45, 2.75) is 19.9 Å². The van der Waals surface area contributed by atoms with Gasteiger partial charge in [-0.15, -0.1) is 0 Å². The zero-order valence-electron chi connectivity index (χ0n) is 9.34. The largest absolute Gasteiger partial charge is 0.489 e. The molecule has 5 heteroatoms. The highest BCUT2D eigenvalue weighted by Gasteiger charge is 2.22. The SMILES string of the molecule is CC(C)N1CCOc2cc([N+](=O)[O-])ccc21. The Morgan fingerprint density at radius 1 is 1.50 bits per heavy atom. The van der Waals surface area contributed by atoms with Gasteiger partial charge in [0.2, 0.25) is 0 Å². The maximum atomic E-state index is 10.6. The number of nitro groups is 1. The van der Waals surface area contributed by atoms with E-state index in [-0.39, 0.29) is 5.69 Å². The Bertz CT molecular complexity index is 418. The fourth-order valence-electron chi connectivity index (χ4n) is 1.88. The molecular weight excluding hydrogens is 208 g/mol. The molecule has 1 heterocycles. The van der Waals surface area contributed by atoms with E-state index in [2.05, 4.69) is 18.7 Å². The molecule has 1 aliphatic rings. The molecule has 16 heavy (non-hydrogen) atoms. The minimum absolute atomic E-state index is 0.0735. The molecule has 0 radical (unpaired) electrons. The van der Waals surface area contributed by atoms with E-state index in [0.717, 1.165) is 12.2 Å². The summed E-state index contributed by atoms with van der Waals surface area (Å²) in [6, 6.07) is 5.13. The summed E-state index contributed by atoms with van der Waals surface area (Å²) in [5, 5.41) is 10.6. The molecule has 2 rings (SSSR count). The molecule has 0 spiro atoms. The summed E-state index contributed by atoms with van der Waals surface area (Å²) in [6.45, 7) is 5.59. The summed E-state index contributed by atoms with van der Waals surface area (Å²) >= 11 is 0. The Morgan fingerprint density at radius 3 is 2.88 bits per heavy atom. The van der Waals surface area contributed by atoms with Crippen LogP contribution in [0.15, 0.2) is 18.2 Å². The molecule has 0 aliphatic carbocycles. The van der Waals surface area contributed by atoms with Crippen LogP contribution in [0.4, 0.5) is 11.4 Å². The monoisotopic (exact) mass is 222 g/mol. The average molecular weight is 222 g/mol. The highest BCUT2D eigenvalue weighted by molar-refractivity contribution is 5.63. The predicted molar refractivity (Wildman–Crippen MR) is 61.1 cm³/mol. The van der Waals surface area contributed by atoms with Crippen molar-refractivity contribution in [2.75, 3.05) is 18.1 Å². The number of hydrogen-bond donors (Lipinski definition) is 0. The highest BCUT2D eigenvalue weighted by Crippen LogP contribution is 2.35. The normalized spacial score (nSPS) is 14.6. The van der Waals surface area contributed by atoms with Crippen LogP contribution in [0.2, 0.25) is 0 Å². The van der Waals surface area contributed by atoms with Crippen molar-refractivity contribution in [2.24, 2.45) is 0 Å². The number of non-ortho nitro benzene ring substituents is 1. The molecule has 0 bridgehead atoms. The van der Waals surface area contributed by atoms with Gasteiger partial charge in [-0.3, -0.25) is 10.1 Å². The number of nitro benzene ring substituents is 1. The number of ether oxygens (including phenoxy) is 1. The third-order valence-corrected chi connectivity index (χ3v) is 2.68. The van der Waals surface area contributed by atoms with Gasteiger partial charge in [0, 0.05) is 12.1 Å². The first-order valence-electron chi connectivity index (χ1n) is 5.27. The van der Waals surface area contributed by atoms with Crippen molar-refractivity contribution in [1.29, 1.82) is 0 Å². The molecule has 0 fully saturated rings. The van der Waals surface area contributed by atoms with Crippen LogP contribution in [0.3, 0.4) is 0 Å². The molecule has 0 saturated heterocycles. The number of nitrogens with zero attached hydrogens (tertiary/aromatic N) is 2. The van der Waals surface area contributed by atoms with Crippen LogP contribution in [0, 0.1) is 10.1 Å². The number of anilines is 1. The Labute approximate surface area is 93.8 Å². The van der Waals surface area contributed by atoms with E-state index in [1.54, 1.807) is 6.07 Å². The first kappa shape index (κ1) is 10.7. The van der Waals surface area contributed by atoms with Gasteiger partial charge >= 0.3 is 0 Å². The lowest BCUT2D eigenvalue weighted by atomic mass is 10.2. The molecule has 0 N–H and O–H groups in total. The maximum Gasteiger partial charge on any atom is 0.273 e. The lowest BCUT2D eigenvalue weighted by Gasteiger charge is -2.34. The minimum atomic E-state index is -0.405. The third-order valence-electron chi connectivity index (χ3n) is 2.68. The van der Waals surface area contributed by atoms with Crippen LogP contribution in [-0.4, -0.2) is 24.1 Å². The van der Waals surface area contributed by atoms with Crippen LogP contribution in [0.1, 0.15) is 13.8 Å². The van der Waals surface area contributed by atoms with Crippen LogP contribution in [0.5, 0.6) is 5.75 Å². The van der Waals surface area contributed by atoms with Gasteiger partial charge in [-0.05, 0) is 19.9 Å². The quantitative estimate of drug-likeness (QED) is 0.568. The summed E-state index contributed by atoms with van der Waals surface area (Å²) in [7, 11) is 0. The van der Waals surface area contributed by atoms with E-state index in [9.17, 15) is 10.1 Å². The van der Waals surface area contributed by atoms with Crippen molar-refractivity contribution < 1.29 is 9.66 Å². The van der Waals surface area contributed by atoms with Crippen molar-refractivity contribution >= 4 is 11.4 Å². The molecule has 0 aromatic heterocycles. The molecule has 1 aromatic carbocycles. The minimum Gasteiger partial charge on any atom is -0.489 e. The van der Waals surface area contributed by atoms with Gasteiger partial charge in [-0.1, -0.05) is 0 Å². The van der Waals surface area contributed by atoms with Crippen molar-refractivity contribution in [3.63, 3.8) is 0 Å². The second-order valence-electron chi connectivity index (χ2n) is 4.04. The summed E-state index contributed by atoms with van der Waals surface area (Å²) in [5.74, 6) is 0.606. The number of fused-ring (bicyclic) bond motifs is 1. The van der Waals surface area contributed by atoms with E-state index < -0.39 is 4.92 Å². The number of rotatable bonds is 2. The zero-order chi connectivity index (χ0) is 11.7. The molecule has 5 nitrogen and oxygen atoms in total. The third kappa shape index (κ3) is 1.80. The Balaban J connectivity index is 2.40. The summed E-state index contributed by atoms with van der Waals surface area (Å²) in [4.78, 5) is 12.4. The first-order valence-corrected chi connectivity index (χ1v) is 5.27. The van der Waals surface area contributed by atoms with Gasteiger partial charge in [0.25, 0.3) is 5.69 Å². The van der Waals surface area contributed by atoms with Crippen LogP contribution in [-0.2, 0) is 0 Å². The Kier molecular flexibility index (Phi) is 2.68. The molecule has 1 aromatic rings. The molecule has 0 amide bonds. The van der Waals surface area contributed by atoms with Crippen molar-refractivity contribution in [3.8, 4) is 5.75 Å². The Morgan fingerprint density at radius 2 is 2.25 bits per heavy atom. The summed E-state index contributed by atoms with van der Waals surface area (Å²) in [5.41, 5.74) is 1.01. The van der Waals surface area contributed by atoms with E-state index in [1.165, 1.54) is 12.1 Å². The summed E-state index contributed by atoms with van der Waals surface area (Å²) < 4.78 is 5.45. The van der Waals surface area contributed by atoms with E-state index in [0.29, 0.717) is 18.4 Å². The van der Waals surface area contributed by atoms with Crippen LogP contribution in [0.25, 0.3) is 0 Å². The average Bonchev–Trinajstić information content (AvgIpc) is 2.27. The first-order chi connectivity index (χ1) is 7.59. The molecule has 0 saturated carbocycles. The maximum absolute atomic E-state index is 10.6. The lowest BCUT2D eigenvalue weighted by Crippen LogP contribution is -2.37. The highest BCUT2D eigenvalue weighted by atomic mass is 16.6. The molecular formula is C11H14N2O3. The Hall–Kier alpha value is -1.78. The fraction of sp³-hybridized carbons (Fsp3) is 0.455. The fourth-order valence-corrected chi connectivity index (χ4v) is 1.88. The van der Waals surface area contributed by atoms with Crippen molar-refractivity contribution in [3.05, 3.63) is 28.3 Å². The van der Waals surface area contributed by atoms with Gasteiger partial charge in [-0.2, -0.15) is 0 Å². The lowest BCUT2D eigenvalue weighted by molar-refractivity contribution is -0.384. The van der Waals surface area contributed by atoms with Crippen molar-refractivity contribution in [1.82, 2.24) is 0 Å². The van der Waals surface area contributed by atoms with Gasteiger partial charge in [0.05, 0.1) is 23.2 Å². The molecule has 0 unspecified atom stereocenters. The number of hydrogen-bond acceptors (Lipinski definition) is 4. The topological polar surface area (TPSA) is 55.6 Å². The van der Waals surface area contributed by atoms with Gasteiger partial charge < -0.3 is 9.64 Å².